The summed E-state index contributed by atoms with van der Waals surface area (Å²) >= 11 is 0. The number of nitrogens with two attached hydrogens (primary N) is 3. The molecule has 6 heterocycles. The highest BCUT2D eigenvalue weighted by molar-refractivity contribution is 5.75. The van der Waals surface area contributed by atoms with Crippen LogP contribution in [0.25, 0.3) is 33.5 Å². The van der Waals surface area contributed by atoms with E-state index in [-0.39, 0.29) is 87.6 Å². The summed E-state index contributed by atoms with van der Waals surface area (Å²) in [6, 6.07) is -0.129. The number of aromatic nitrogens is 12. The number of nitrogens with zero attached hydrogens (tertiary/aromatic N) is 11. The van der Waals surface area contributed by atoms with Crippen molar-refractivity contribution in [1.29, 1.82) is 0 Å². The maximum absolute atomic E-state index is 11.7. The van der Waals surface area contributed by atoms with E-state index in [0.29, 0.717) is 58.7 Å². The first-order valence-electron chi connectivity index (χ1n) is 19.9. The minimum absolute atomic E-state index is 0. The molecule has 350 valence electrons. The number of nitrogen functional groups attached to an aromatic ring is 3. The summed E-state index contributed by atoms with van der Waals surface area (Å²) in [6.07, 6.45) is 6.83. The van der Waals surface area contributed by atoms with E-state index >= 15 is 0 Å². The summed E-state index contributed by atoms with van der Waals surface area (Å²) < 4.78 is 5.64. The van der Waals surface area contributed by atoms with Crippen LogP contribution in [-0.2, 0) is 0 Å². The lowest BCUT2D eigenvalue weighted by atomic mass is 9.93. The molecule has 3 saturated carbocycles. The van der Waals surface area contributed by atoms with Gasteiger partial charge in [-0.2, -0.15) is 15.0 Å². The van der Waals surface area contributed by atoms with Gasteiger partial charge in [-0.1, -0.05) is 61.4 Å². The number of imidazole rings is 3. The summed E-state index contributed by atoms with van der Waals surface area (Å²) in [5, 5.41) is 38.6. The van der Waals surface area contributed by atoms with E-state index in [1.807, 2.05) is 24.7 Å². The van der Waals surface area contributed by atoms with Crippen LogP contribution in [0, 0.1) is 37.5 Å². The van der Waals surface area contributed by atoms with Gasteiger partial charge in [-0.15, -0.1) is 0 Å². The van der Waals surface area contributed by atoms with Crippen molar-refractivity contribution in [3.63, 3.8) is 0 Å². The minimum Gasteiger partial charge on any atom is -1.00 e. The van der Waals surface area contributed by atoms with E-state index in [2.05, 4.69) is 83.0 Å². The third kappa shape index (κ3) is 9.24. The maximum atomic E-state index is 11.7. The number of nitrogens with one attached hydrogen (secondary N) is 1. The number of aromatic amines is 1. The molecule has 11 N–H and O–H groups in total. The van der Waals surface area contributed by atoms with E-state index in [9.17, 15) is 25.2 Å². The van der Waals surface area contributed by atoms with E-state index in [0.717, 1.165) is 35.3 Å². The SMILES string of the molecule is C.C.C.C=C1[C@H](CC)[C@@H](C)C[C@@H]1n1cnc2c(C)nc(N)nc21.C=C1[C@H](CO)[C@@H](O)C[C@@H]1n1cnc2c(=O)[nH]c(N)nc21.C=C1[C@H](CO)[C@@H](O)C[C@@H]1n1cnc2c(C)nc(N)nc21.[F-]. The largest absolute Gasteiger partial charge is 1.00 e. The van der Waals surface area contributed by atoms with Gasteiger partial charge in [-0.05, 0) is 62.5 Å². The Bertz CT molecular complexity index is 2560. The monoisotopic (exact) mass is 891 g/mol. The van der Waals surface area contributed by atoms with Crippen LogP contribution in [0.1, 0.15) is 91.3 Å². The molecule has 0 aromatic carbocycles. The highest BCUT2D eigenvalue weighted by atomic mass is 19.0. The molecule has 64 heavy (non-hydrogen) atoms. The Hall–Kier alpha value is -6.16. The Morgan fingerprint density at radius 2 is 1.03 bits per heavy atom. The molecule has 0 bridgehead atoms. The average Bonchev–Trinajstić information content (AvgIpc) is 4.04. The second-order valence-corrected chi connectivity index (χ2v) is 15.9. The van der Waals surface area contributed by atoms with Crippen LogP contribution in [0.15, 0.2) is 60.2 Å². The molecule has 21 heteroatoms. The Labute approximate surface area is 371 Å². The zero-order valence-electron chi connectivity index (χ0n) is 34.5. The number of allylic oxidation sites excluding steroid dienone is 1. The molecule has 9 rings (SSSR count). The molecular weight excluding hydrogens is 826 g/mol. The highest BCUT2D eigenvalue weighted by Crippen LogP contribution is 2.45. The topological polar surface area (TPSA) is 310 Å². The molecule has 3 aliphatic carbocycles. The number of hydrogen-bond acceptors (Lipinski definition) is 16. The Balaban J connectivity index is 0.000000247. The number of H-pyrrole nitrogens is 1. The van der Waals surface area contributed by atoms with Crippen molar-refractivity contribution < 1.29 is 25.1 Å². The van der Waals surface area contributed by atoms with Crippen molar-refractivity contribution in [2.45, 2.75) is 106 Å². The molecule has 0 saturated heterocycles. The summed E-state index contributed by atoms with van der Waals surface area (Å²) in [4.78, 5) is 47.9. The van der Waals surface area contributed by atoms with Gasteiger partial charge in [0, 0.05) is 11.8 Å². The minimum atomic E-state index is -0.672. The molecule has 0 aliphatic heterocycles. The Kier molecular flexibility index (Phi) is 16.8. The number of rotatable bonds is 6. The van der Waals surface area contributed by atoms with Crippen molar-refractivity contribution in [3.8, 4) is 0 Å². The van der Waals surface area contributed by atoms with Gasteiger partial charge in [0.2, 0.25) is 17.8 Å². The fraction of sp³-hybridized carbons (Fsp3) is 0.512. The molecule has 0 unspecified atom stereocenters. The number of anilines is 3. The lowest BCUT2D eigenvalue weighted by Gasteiger charge is -2.16. The van der Waals surface area contributed by atoms with Crippen molar-refractivity contribution in [1.82, 2.24) is 58.6 Å². The number of aliphatic hydroxyl groups excluding tert-OH is 4. The average molecular weight is 891 g/mol. The van der Waals surface area contributed by atoms with Crippen LogP contribution < -0.4 is 27.5 Å². The fourth-order valence-corrected chi connectivity index (χ4v) is 9.16. The number of halogens is 1. The fourth-order valence-electron chi connectivity index (χ4n) is 9.16. The van der Waals surface area contributed by atoms with Crippen molar-refractivity contribution >= 4 is 51.3 Å². The highest BCUT2D eigenvalue weighted by Gasteiger charge is 2.39. The van der Waals surface area contributed by atoms with Gasteiger partial charge in [-0.25, -0.2) is 24.9 Å². The third-order valence-corrected chi connectivity index (χ3v) is 12.4. The quantitative estimate of drug-likeness (QED) is 0.109. The molecule has 3 aliphatic rings. The van der Waals surface area contributed by atoms with E-state index in [1.165, 1.54) is 11.9 Å². The summed E-state index contributed by atoms with van der Waals surface area (Å²) in [5.74, 6) is 1.05. The van der Waals surface area contributed by atoms with Crippen molar-refractivity contribution in [2.75, 3.05) is 30.4 Å². The van der Waals surface area contributed by atoms with Crippen LogP contribution in [0.4, 0.5) is 17.8 Å². The molecule has 6 aromatic rings. The normalized spacial score (nSPS) is 24.9. The van der Waals surface area contributed by atoms with Gasteiger partial charge in [0.25, 0.3) is 5.56 Å². The second-order valence-electron chi connectivity index (χ2n) is 15.9. The van der Waals surface area contributed by atoms with Crippen LogP contribution in [0.3, 0.4) is 0 Å². The summed E-state index contributed by atoms with van der Waals surface area (Å²) in [6.45, 7) is 20.2. The van der Waals surface area contributed by atoms with E-state index in [4.69, 9.17) is 17.2 Å². The zero-order valence-corrected chi connectivity index (χ0v) is 34.5. The summed E-state index contributed by atoms with van der Waals surface area (Å²) in [5.41, 5.74) is 24.4. The zero-order chi connectivity index (χ0) is 43.3. The predicted octanol–water partition coefficient (Wildman–Crippen LogP) is 1.15. The lowest BCUT2D eigenvalue weighted by Crippen LogP contribution is -3.00. The molecule has 0 amide bonds. The Morgan fingerprint density at radius 3 is 1.41 bits per heavy atom. The molecule has 3 fully saturated rings. The molecule has 9 atom stereocenters. The molecule has 0 radical (unpaired) electrons. The van der Waals surface area contributed by atoms with Gasteiger partial charge in [0.15, 0.2) is 22.5 Å². The summed E-state index contributed by atoms with van der Waals surface area (Å²) in [7, 11) is 0. The third-order valence-electron chi connectivity index (χ3n) is 12.4. The maximum Gasteiger partial charge on any atom is 0.280 e. The number of fused-ring (bicyclic) bond motifs is 3. The van der Waals surface area contributed by atoms with Gasteiger partial charge in [0.05, 0.1) is 73.9 Å². The molecule has 0 spiro atoms. The molecule has 20 nitrogen and oxygen atoms in total. The molecular formula is C43H65FN15O5-. The number of aryl methyl sites for hydroxylation is 2. The predicted molar refractivity (Wildman–Crippen MR) is 246 cm³/mol. The first-order valence-corrected chi connectivity index (χ1v) is 19.9. The van der Waals surface area contributed by atoms with Crippen LogP contribution >= 0.6 is 0 Å². The first kappa shape index (κ1) is 52.2. The van der Waals surface area contributed by atoms with Crippen LogP contribution in [0.5, 0.6) is 0 Å². The van der Waals surface area contributed by atoms with E-state index < -0.39 is 17.8 Å². The molecule has 6 aromatic heterocycles. The van der Waals surface area contributed by atoms with E-state index in [1.54, 1.807) is 10.9 Å². The Morgan fingerprint density at radius 1 is 0.656 bits per heavy atom. The lowest BCUT2D eigenvalue weighted by molar-refractivity contribution is -0.0000253. The second kappa shape index (κ2) is 20.6. The van der Waals surface area contributed by atoms with Gasteiger partial charge in [0.1, 0.15) is 11.0 Å². The smallest absolute Gasteiger partial charge is 0.280 e. The van der Waals surface area contributed by atoms with Gasteiger partial charge in [-0.3, -0.25) is 9.78 Å². The number of aliphatic hydroxyl groups is 4. The standard InChI is InChI=1S/C15H21N5.C13H17N5O2.C12H15N5O3.3CH4.FH/c1-5-11-8(2)6-12(9(11)3)20-7-17-13-10(4)18-15(16)19-14(13)20;1-6-8(4-19)10(20)3-9(6)18-5-15-11-7(2)16-13(14)17-12(11)18;1-5-6(3-18)8(19)2-7(5)17-4-14-9-10(17)15-12(13)16-11(9)20;;;;/h7-8,11-12H,3,5-6H2,1-2,4H3,(H2,16,18,19);5,8-10,19-20H,1,3-4H2,2H3,(H2,14,16,17);4,6-8,18-19H,1-3H2,(H3,13,15,16,20);3*1H4;1H/p-1/t8-,11+,12-;8-,9-,10-;6-,7-,8-;;;;/m000..../s1. The van der Waals surface area contributed by atoms with Gasteiger partial charge < -0.3 is 56.0 Å². The van der Waals surface area contributed by atoms with Gasteiger partial charge >= 0.3 is 0 Å². The van der Waals surface area contributed by atoms with Crippen molar-refractivity contribution in [2.24, 2.45) is 23.7 Å². The van der Waals surface area contributed by atoms with Crippen molar-refractivity contribution in [3.05, 3.63) is 77.2 Å². The van der Waals surface area contributed by atoms with Crippen LogP contribution in [-0.4, -0.2) is 104 Å². The first-order chi connectivity index (χ1) is 28.6. The van der Waals surface area contributed by atoms with Crippen LogP contribution in [0.2, 0.25) is 0 Å². The number of hydrogen-bond donors (Lipinski definition) is 8.